The van der Waals surface area contributed by atoms with Gasteiger partial charge in [-0.1, -0.05) is 18.2 Å². The standard InChI is InChI=1S/C21H18N2O5/c1-11-7-13-3-2-4-14-18(13)23(11)21(26)17(19(14)24)20(25)22-9-12-5-6-15-16(8-12)28-10-27-15/h2-6,8,11,24H,7,9-10H2,1H3,(H,22,25)/t11-/m1/s1. The van der Waals surface area contributed by atoms with E-state index in [1.165, 1.54) is 0 Å². The molecule has 2 aliphatic rings. The zero-order valence-electron chi connectivity index (χ0n) is 15.2. The summed E-state index contributed by atoms with van der Waals surface area (Å²) in [5.74, 6) is 0.411. The van der Waals surface area contributed by atoms with Crippen molar-refractivity contribution in [2.24, 2.45) is 0 Å². The first-order valence-corrected chi connectivity index (χ1v) is 9.10. The first-order valence-electron chi connectivity index (χ1n) is 9.10. The zero-order chi connectivity index (χ0) is 19.4. The SMILES string of the molecule is C[C@@H]1Cc2cccc3c(O)c(C(=O)NCc4ccc5c(c4)OCO5)c(=O)n1c23. The number of para-hydroxylation sites is 1. The fourth-order valence-corrected chi connectivity index (χ4v) is 4.05. The van der Waals surface area contributed by atoms with E-state index in [4.69, 9.17) is 9.47 Å². The van der Waals surface area contributed by atoms with Crippen molar-refractivity contribution in [3.63, 3.8) is 0 Å². The second-order valence-electron chi connectivity index (χ2n) is 7.14. The van der Waals surface area contributed by atoms with Crippen LogP contribution in [0.15, 0.2) is 41.2 Å². The molecule has 2 N–H and O–H groups in total. The smallest absolute Gasteiger partial charge is 0.267 e. The molecule has 142 valence electrons. The summed E-state index contributed by atoms with van der Waals surface area (Å²) in [4.78, 5) is 25.8. The second kappa shape index (κ2) is 6.02. The molecule has 0 unspecified atom stereocenters. The molecule has 0 bridgehead atoms. The molecule has 2 aliphatic heterocycles. The topological polar surface area (TPSA) is 89.8 Å². The summed E-state index contributed by atoms with van der Waals surface area (Å²) in [6, 6.07) is 10.8. The van der Waals surface area contributed by atoms with Gasteiger partial charge in [0.15, 0.2) is 11.5 Å². The van der Waals surface area contributed by atoms with Crippen molar-refractivity contribution in [3.05, 3.63) is 63.4 Å². The molecular formula is C21H18N2O5. The number of benzene rings is 2. The normalized spacial score (nSPS) is 16.5. The number of hydrogen-bond donors (Lipinski definition) is 2. The summed E-state index contributed by atoms with van der Waals surface area (Å²) in [7, 11) is 0. The van der Waals surface area contributed by atoms with Crippen LogP contribution in [0.5, 0.6) is 17.2 Å². The van der Waals surface area contributed by atoms with Crippen LogP contribution < -0.4 is 20.3 Å². The molecule has 0 radical (unpaired) electrons. The minimum absolute atomic E-state index is 0.0617. The third-order valence-electron chi connectivity index (χ3n) is 5.36. The van der Waals surface area contributed by atoms with Gasteiger partial charge >= 0.3 is 0 Å². The maximum Gasteiger partial charge on any atom is 0.267 e. The molecule has 28 heavy (non-hydrogen) atoms. The molecule has 3 heterocycles. The maximum atomic E-state index is 13.0. The van der Waals surface area contributed by atoms with Gasteiger partial charge in [-0.3, -0.25) is 9.59 Å². The summed E-state index contributed by atoms with van der Waals surface area (Å²) in [6.45, 7) is 2.31. The minimum Gasteiger partial charge on any atom is -0.506 e. The predicted octanol–water partition coefficient (Wildman–Crippen LogP) is 2.48. The van der Waals surface area contributed by atoms with Crippen molar-refractivity contribution < 1.29 is 19.4 Å². The van der Waals surface area contributed by atoms with E-state index >= 15 is 0 Å². The van der Waals surface area contributed by atoms with Gasteiger partial charge in [-0.25, -0.2) is 0 Å². The van der Waals surface area contributed by atoms with Gasteiger partial charge in [0.25, 0.3) is 11.5 Å². The molecule has 0 saturated carbocycles. The van der Waals surface area contributed by atoms with E-state index in [1.807, 2.05) is 25.1 Å². The number of ether oxygens (including phenoxy) is 2. The molecule has 7 nitrogen and oxygen atoms in total. The molecule has 0 fully saturated rings. The monoisotopic (exact) mass is 378 g/mol. The molecule has 5 rings (SSSR count). The van der Waals surface area contributed by atoms with Gasteiger partial charge in [-0.2, -0.15) is 0 Å². The summed E-state index contributed by atoms with van der Waals surface area (Å²) in [5.41, 5.74) is 1.83. The van der Waals surface area contributed by atoms with E-state index in [9.17, 15) is 14.7 Å². The Morgan fingerprint density at radius 2 is 2.07 bits per heavy atom. The molecule has 3 aromatic rings. The van der Waals surface area contributed by atoms with Crippen molar-refractivity contribution in [2.75, 3.05) is 6.79 Å². The number of fused-ring (bicyclic) bond motifs is 1. The van der Waals surface area contributed by atoms with Crippen molar-refractivity contribution >= 4 is 16.8 Å². The zero-order valence-corrected chi connectivity index (χ0v) is 15.2. The Balaban J connectivity index is 1.50. The molecule has 1 amide bonds. The number of pyridine rings is 1. The Bertz CT molecular complexity index is 1200. The average Bonchev–Trinajstić information content (AvgIpc) is 3.28. The average molecular weight is 378 g/mol. The largest absolute Gasteiger partial charge is 0.506 e. The Labute approximate surface area is 160 Å². The number of amides is 1. The maximum absolute atomic E-state index is 13.0. The summed E-state index contributed by atoms with van der Waals surface area (Å²) in [6.07, 6.45) is 0.703. The van der Waals surface area contributed by atoms with Crippen LogP contribution in [0.25, 0.3) is 10.9 Å². The Hall–Kier alpha value is -3.48. The summed E-state index contributed by atoms with van der Waals surface area (Å²) >= 11 is 0. The quantitative estimate of drug-likeness (QED) is 0.731. The molecule has 0 spiro atoms. The first kappa shape index (κ1) is 16.7. The van der Waals surface area contributed by atoms with Crippen molar-refractivity contribution in [1.29, 1.82) is 0 Å². The summed E-state index contributed by atoms with van der Waals surface area (Å²) in [5, 5.41) is 13.9. The van der Waals surface area contributed by atoms with E-state index in [0.717, 1.165) is 11.1 Å². The third kappa shape index (κ3) is 2.36. The Morgan fingerprint density at radius 1 is 1.25 bits per heavy atom. The van der Waals surface area contributed by atoms with E-state index < -0.39 is 11.5 Å². The van der Waals surface area contributed by atoms with Crippen LogP contribution in [-0.2, 0) is 13.0 Å². The Morgan fingerprint density at radius 3 is 2.93 bits per heavy atom. The van der Waals surface area contributed by atoms with Gasteiger partial charge in [0.05, 0.1) is 5.52 Å². The molecule has 0 saturated heterocycles. The van der Waals surface area contributed by atoms with Crippen LogP contribution in [0.4, 0.5) is 0 Å². The number of nitrogens with zero attached hydrogens (tertiary/aromatic N) is 1. The van der Waals surface area contributed by atoms with Gasteiger partial charge in [-0.15, -0.1) is 0 Å². The number of aromatic nitrogens is 1. The van der Waals surface area contributed by atoms with Crippen LogP contribution in [0, 0.1) is 0 Å². The number of rotatable bonds is 3. The number of carbonyl (C=O) groups is 1. The lowest BCUT2D eigenvalue weighted by atomic mass is 10.1. The highest BCUT2D eigenvalue weighted by molar-refractivity contribution is 6.03. The van der Waals surface area contributed by atoms with Gasteiger partial charge < -0.3 is 24.5 Å². The highest BCUT2D eigenvalue weighted by Crippen LogP contribution is 2.36. The van der Waals surface area contributed by atoms with Crippen molar-refractivity contribution in [2.45, 2.75) is 25.9 Å². The number of carbonyl (C=O) groups excluding carboxylic acids is 1. The fraction of sp³-hybridized carbons (Fsp3) is 0.238. The first-order chi connectivity index (χ1) is 13.5. The predicted molar refractivity (Wildman–Crippen MR) is 102 cm³/mol. The van der Waals surface area contributed by atoms with E-state index in [2.05, 4.69) is 5.32 Å². The molecular weight excluding hydrogens is 360 g/mol. The molecule has 2 aromatic carbocycles. The fourth-order valence-electron chi connectivity index (χ4n) is 4.05. The van der Waals surface area contributed by atoms with Crippen molar-refractivity contribution in [1.82, 2.24) is 9.88 Å². The van der Waals surface area contributed by atoms with Gasteiger partial charge in [0.1, 0.15) is 11.3 Å². The van der Waals surface area contributed by atoms with Crippen LogP contribution in [0.3, 0.4) is 0 Å². The Kier molecular flexibility index (Phi) is 3.58. The highest BCUT2D eigenvalue weighted by Gasteiger charge is 2.29. The van der Waals surface area contributed by atoms with E-state index in [1.54, 1.807) is 22.8 Å². The lowest BCUT2D eigenvalue weighted by molar-refractivity contribution is 0.0946. The molecule has 7 heteroatoms. The number of nitrogens with one attached hydrogen (secondary N) is 1. The minimum atomic E-state index is -0.602. The summed E-state index contributed by atoms with van der Waals surface area (Å²) < 4.78 is 12.2. The van der Waals surface area contributed by atoms with Gasteiger partial charge in [0, 0.05) is 18.0 Å². The van der Waals surface area contributed by atoms with Crippen molar-refractivity contribution in [3.8, 4) is 17.2 Å². The van der Waals surface area contributed by atoms with Crippen LogP contribution in [0.2, 0.25) is 0 Å². The van der Waals surface area contributed by atoms with Gasteiger partial charge in [-0.05, 0) is 42.7 Å². The number of aromatic hydroxyl groups is 1. The van der Waals surface area contributed by atoms with Crippen LogP contribution in [-0.4, -0.2) is 22.4 Å². The van der Waals surface area contributed by atoms with Crippen LogP contribution in [0.1, 0.15) is 34.5 Å². The molecule has 0 aliphatic carbocycles. The number of hydrogen-bond acceptors (Lipinski definition) is 5. The van der Waals surface area contributed by atoms with Crippen LogP contribution >= 0.6 is 0 Å². The molecule has 1 aromatic heterocycles. The van der Waals surface area contributed by atoms with Gasteiger partial charge in [0.2, 0.25) is 6.79 Å². The van der Waals surface area contributed by atoms with E-state index in [0.29, 0.717) is 28.8 Å². The molecule has 1 atom stereocenters. The third-order valence-corrected chi connectivity index (χ3v) is 5.36. The lowest BCUT2D eigenvalue weighted by Crippen LogP contribution is -2.33. The lowest BCUT2D eigenvalue weighted by Gasteiger charge is -2.14. The highest BCUT2D eigenvalue weighted by atomic mass is 16.7. The van der Waals surface area contributed by atoms with E-state index in [-0.39, 0.29) is 30.7 Å². The second-order valence-corrected chi connectivity index (χ2v) is 7.14.